The summed E-state index contributed by atoms with van der Waals surface area (Å²) in [7, 11) is 2.80. The van der Waals surface area contributed by atoms with Gasteiger partial charge in [0, 0.05) is 39.8 Å². The summed E-state index contributed by atoms with van der Waals surface area (Å²) in [5.74, 6) is -1.33. The lowest BCUT2D eigenvalue weighted by molar-refractivity contribution is -0.118. The van der Waals surface area contributed by atoms with Gasteiger partial charge in [-0.3, -0.25) is 9.59 Å². The van der Waals surface area contributed by atoms with Crippen LogP contribution in [0.4, 0.5) is 5.00 Å². The van der Waals surface area contributed by atoms with Crippen molar-refractivity contribution in [2.45, 2.75) is 65.2 Å². The number of aryl methyl sites for hydroxylation is 1. The van der Waals surface area contributed by atoms with Crippen molar-refractivity contribution >= 4 is 34.0 Å². The second-order valence-electron chi connectivity index (χ2n) is 11.2. The fourth-order valence-electron chi connectivity index (χ4n) is 6.09. The smallest absolute Gasteiger partial charge is 0.341 e. The van der Waals surface area contributed by atoms with Gasteiger partial charge in [-0.1, -0.05) is 19.9 Å². The highest BCUT2D eigenvalue weighted by molar-refractivity contribution is 7.17. The molecule has 0 fully saturated rings. The second-order valence-corrected chi connectivity index (χ2v) is 12.3. The van der Waals surface area contributed by atoms with Crippen LogP contribution in [0.25, 0.3) is 0 Å². The van der Waals surface area contributed by atoms with Gasteiger partial charge in [0.25, 0.3) is 5.91 Å². The number of Topliss-reactive ketones (excluding diaryl/α,β-unsaturated/α-hetero) is 1. The van der Waals surface area contributed by atoms with Crippen molar-refractivity contribution in [3.05, 3.63) is 62.3 Å². The van der Waals surface area contributed by atoms with E-state index in [1.165, 1.54) is 31.6 Å². The summed E-state index contributed by atoms with van der Waals surface area (Å²) in [4.78, 5) is 41.6. The predicted octanol–water partition coefficient (Wildman–Crippen LogP) is 5.37. The summed E-state index contributed by atoms with van der Waals surface area (Å²) in [5.41, 5.74) is 4.20. The number of aromatic hydroxyl groups is 1. The first-order valence-electron chi connectivity index (χ1n) is 13.2. The lowest BCUT2D eigenvalue weighted by Crippen LogP contribution is -2.39. The number of carbonyl (C=O) groups is 3. The van der Waals surface area contributed by atoms with Gasteiger partial charge in [0.1, 0.15) is 5.00 Å². The average Bonchev–Trinajstić information content (AvgIpc) is 3.24. The van der Waals surface area contributed by atoms with Crippen molar-refractivity contribution in [2.24, 2.45) is 5.41 Å². The Morgan fingerprint density at radius 2 is 1.90 bits per heavy atom. The summed E-state index contributed by atoms with van der Waals surface area (Å²) in [6.07, 6.45) is 4.67. The number of rotatable bonds is 5. The molecule has 1 aliphatic heterocycles. The first-order valence-corrected chi connectivity index (χ1v) is 14.0. The Morgan fingerprint density at radius 3 is 2.62 bits per heavy atom. The minimum absolute atomic E-state index is 0.0228. The molecule has 0 spiro atoms. The van der Waals surface area contributed by atoms with E-state index in [1.54, 1.807) is 12.1 Å². The van der Waals surface area contributed by atoms with Crippen LogP contribution in [0.3, 0.4) is 0 Å². The van der Waals surface area contributed by atoms with Crippen molar-refractivity contribution in [3.63, 3.8) is 0 Å². The van der Waals surface area contributed by atoms with E-state index in [0.717, 1.165) is 41.8 Å². The number of ketones is 1. The normalized spacial score (nSPS) is 20.1. The quantitative estimate of drug-likeness (QED) is 0.429. The molecule has 9 heteroatoms. The Morgan fingerprint density at radius 1 is 1.15 bits per heavy atom. The first kappa shape index (κ1) is 27.0. The largest absolute Gasteiger partial charge is 0.504 e. The molecule has 0 saturated carbocycles. The summed E-state index contributed by atoms with van der Waals surface area (Å²) in [5, 5.41) is 17.1. The Balaban J connectivity index is 1.61. The molecule has 0 saturated heterocycles. The molecule has 5 rings (SSSR count). The number of hydrogen-bond acceptors (Lipinski definition) is 8. The molecule has 8 nitrogen and oxygen atoms in total. The number of phenols is 1. The van der Waals surface area contributed by atoms with Gasteiger partial charge < -0.3 is 25.2 Å². The van der Waals surface area contributed by atoms with Gasteiger partial charge in [0.05, 0.1) is 19.8 Å². The minimum Gasteiger partial charge on any atom is -0.504 e. The maximum atomic E-state index is 14.1. The van der Waals surface area contributed by atoms with Crippen LogP contribution in [0.1, 0.15) is 78.7 Å². The SMILES string of the molecule is COC(=O)c1c(NC(=O)C2=C(C)NC3=C(C(=O)CC(C)(C)C3)[C@@H]2c2ccc(O)c(OC)c2)sc2c1CCCC2. The number of fused-ring (bicyclic) bond motifs is 1. The molecule has 206 valence electrons. The fourth-order valence-corrected chi connectivity index (χ4v) is 7.36. The third kappa shape index (κ3) is 4.84. The summed E-state index contributed by atoms with van der Waals surface area (Å²) >= 11 is 1.42. The van der Waals surface area contributed by atoms with E-state index in [2.05, 4.69) is 24.5 Å². The Bertz CT molecular complexity index is 1450. The van der Waals surface area contributed by atoms with Gasteiger partial charge in [-0.2, -0.15) is 0 Å². The number of amides is 1. The zero-order chi connectivity index (χ0) is 28.1. The Kier molecular flexibility index (Phi) is 7.05. The van der Waals surface area contributed by atoms with E-state index in [9.17, 15) is 19.5 Å². The lowest BCUT2D eigenvalue weighted by Gasteiger charge is -2.39. The minimum atomic E-state index is -0.671. The van der Waals surface area contributed by atoms with Gasteiger partial charge >= 0.3 is 5.97 Å². The van der Waals surface area contributed by atoms with E-state index in [1.807, 2.05) is 6.92 Å². The molecule has 0 unspecified atom stereocenters. The van der Waals surface area contributed by atoms with Crippen LogP contribution >= 0.6 is 11.3 Å². The fraction of sp³-hybridized carbons (Fsp3) is 0.433. The van der Waals surface area contributed by atoms with Gasteiger partial charge in [-0.05, 0) is 67.7 Å². The third-order valence-corrected chi connectivity index (χ3v) is 9.02. The molecule has 2 aliphatic carbocycles. The number of ether oxygens (including phenoxy) is 2. The molecule has 1 amide bonds. The number of hydrogen-bond donors (Lipinski definition) is 3. The molecular formula is C30H34N2O6S. The standard InChI is InChI=1S/C30H34N2O6S/c1-15-23(27(35)32-28-25(29(36)38-5)17-8-6-7-9-22(17)39-28)24(16-10-11-19(33)21(12-16)37-4)26-18(31-15)13-30(2,3)14-20(26)34/h10-12,24,31,33H,6-9,13-14H2,1-5H3,(H,32,35)/t24-/m1/s1. The Hall–Kier alpha value is -3.59. The lowest BCUT2D eigenvalue weighted by atomic mass is 9.68. The number of nitrogens with one attached hydrogen (secondary N) is 2. The zero-order valence-corrected chi connectivity index (χ0v) is 23.8. The monoisotopic (exact) mass is 550 g/mol. The number of methoxy groups -OCH3 is 2. The van der Waals surface area contributed by atoms with Crippen LogP contribution in [-0.4, -0.2) is 37.0 Å². The maximum absolute atomic E-state index is 14.1. The van der Waals surface area contributed by atoms with Gasteiger partial charge in [0.2, 0.25) is 0 Å². The highest BCUT2D eigenvalue weighted by Crippen LogP contribution is 2.48. The van der Waals surface area contributed by atoms with Crippen molar-refractivity contribution < 1.29 is 29.0 Å². The van der Waals surface area contributed by atoms with Gasteiger partial charge in [-0.15, -0.1) is 11.3 Å². The molecule has 1 aromatic heterocycles. The Labute approximate surface area is 232 Å². The van der Waals surface area contributed by atoms with Crippen molar-refractivity contribution in [3.8, 4) is 11.5 Å². The molecule has 2 aromatic rings. The molecule has 0 bridgehead atoms. The summed E-state index contributed by atoms with van der Waals surface area (Å²) in [6, 6.07) is 4.91. The maximum Gasteiger partial charge on any atom is 0.341 e. The molecule has 39 heavy (non-hydrogen) atoms. The summed E-state index contributed by atoms with van der Waals surface area (Å²) < 4.78 is 10.4. The van der Waals surface area contributed by atoms with Gasteiger partial charge in [0.15, 0.2) is 17.3 Å². The number of thiophene rings is 1. The first-order chi connectivity index (χ1) is 18.5. The van der Waals surface area contributed by atoms with E-state index >= 15 is 0 Å². The second kappa shape index (κ2) is 10.2. The highest BCUT2D eigenvalue weighted by atomic mass is 32.1. The third-order valence-electron chi connectivity index (χ3n) is 7.81. The van der Waals surface area contributed by atoms with Crippen molar-refractivity contribution in [1.82, 2.24) is 5.32 Å². The number of allylic oxidation sites excluding steroid dienone is 3. The van der Waals surface area contributed by atoms with Crippen LogP contribution in [0.5, 0.6) is 11.5 Å². The van der Waals surface area contributed by atoms with E-state index in [4.69, 9.17) is 9.47 Å². The van der Waals surface area contributed by atoms with Crippen LogP contribution in [0, 0.1) is 5.41 Å². The number of benzene rings is 1. The van der Waals surface area contributed by atoms with Crippen molar-refractivity contribution in [2.75, 3.05) is 19.5 Å². The van der Waals surface area contributed by atoms with Gasteiger partial charge in [-0.25, -0.2) is 4.79 Å². The predicted molar refractivity (Wildman–Crippen MR) is 149 cm³/mol. The molecule has 1 atom stereocenters. The number of anilines is 1. The van der Waals surface area contributed by atoms with E-state index < -0.39 is 17.8 Å². The number of esters is 1. The molecular weight excluding hydrogens is 516 g/mol. The average molecular weight is 551 g/mol. The van der Waals surface area contributed by atoms with E-state index in [0.29, 0.717) is 45.8 Å². The molecule has 2 heterocycles. The van der Waals surface area contributed by atoms with Crippen LogP contribution in [0.15, 0.2) is 40.7 Å². The topological polar surface area (TPSA) is 114 Å². The van der Waals surface area contributed by atoms with Crippen LogP contribution in [0.2, 0.25) is 0 Å². The van der Waals surface area contributed by atoms with E-state index in [-0.39, 0.29) is 22.7 Å². The number of dihydropyridines is 1. The number of phenolic OH excluding ortho intramolecular Hbond substituents is 1. The summed E-state index contributed by atoms with van der Waals surface area (Å²) in [6.45, 7) is 5.95. The molecule has 1 aromatic carbocycles. The number of carbonyl (C=O) groups excluding carboxylic acids is 3. The van der Waals surface area contributed by atoms with Crippen LogP contribution in [-0.2, 0) is 27.2 Å². The highest BCUT2D eigenvalue weighted by Gasteiger charge is 2.43. The van der Waals surface area contributed by atoms with Crippen LogP contribution < -0.4 is 15.4 Å². The zero-order valence-electron chi connectivity index (χ0n) is 22.9. The van der Waals surface area contributed by atoms with Crippen molar-refractivity contribution in [1.29, 1.82) is 0 Å². The molecule has 3 N–H and O–H groups in total. The molecule has 3 aliphatic rings. The molecule has 0 radical (unpaired) electrons.